The molecule has 32 heavy (non-hydrogen) atoms. The first kappa shape index (κ1) is 24.1. The first-order valence-corrected chi connectivity index (χ1v) is 11.9. The molecule has 1 aromatic heterocycles. The third-order valence-corrected chi connectivity index (χ3v) is 6.39. The van der Waals surface area contributed by atoms with Crippen LogP contribution in [0.1, 0.15) is 39.2 Å². The minimum absolute atomic E-state index is 0.121. The van der Waals surface area contributed by atoms with Crippen LogP contribution < -0.4 is 10.1 Å². The lowest BCUT2D eigenvalue weighted by Crippen LogP contribution is -2.38. The molecule has 3 aromatic rings. The number of hydrogen-bond acceptors (Lipinski definition) is 5. The number of aromatic nitrogens is 1. The van der Waals surface area contributed by atoms with E-state index in [4.69, 9.17) is 4.74 Å². The smallest absolute Gasteiger partial charge is 0.279 e. The highest BCUT2D eigenvalue weighted by molar-refractivity contribution is 7.20. The molecule has 0 fully saturated rings. The molecular weight excluding hydrogens is 425 g/mol. The molecule has 0 bridgehead atoms. The summed E-state index contributed by atoms with van der Waals surface area (Å²) in [4.78, 5) is 18.0. The summed E-state index contributed by atoms with van der Waals surface area (Å²) in [5.41, 5.74) is 1.95. The number of rotatable bonds is 11. The van der Waals surface area contributed by atoms with Crippen LogP contribution in [0, 0.1) is 11.7 Å². The van der Waals surface area contributed by atoms with Crippen molar-refractivity contribution in [3.05, 3.63) is 53.8 Å². The Hall–Kier alpha value is -2.51. The van der Waals surface area contributed by atoms with Crippen molar-refractivity contribution in [1.82, 2.24) is 15.2 Å². The highest BCUT2D eigenvalue weighted by Crippen LogP contribution is 2.31. The van der Waals surface area contributed by atoms with Gasteiger partial charge in [0.25, 0.3) is 5.19 Å². The fourth-order valence-corrected chi connectivity index (χ4v) is 4.50. The van der Waals surface area contributed by atoms with Crippen molar-refractivity contribution in [2.75, 3.05) is 20.1 Å². The first-order chi connectivity index (χ1) is 15.3. The monoisotopic (exact) mass is 457 g/mol. The van der Waals surface area contributed by atoms with E-state index in [0.29, 0.717) is 16.9 Å². The number of carbonyl (C=O) groups excluding carboxylic acids is 1. The summed E-state index contributed by atoms with van der Waals surface area (Å²) < 4.78 is 20.0. The quantitative estimate of drug-likeness (QED) is 0.379. The van der Waals surface area contributed by atoms with Crippen LogP contribution in [0.4, 0.5) is 4.39 Å². The standard InChI is InChI=1S/C25H32FN3O2S/c1-17(2)15-21(29(4)18(3)30)12-14-27-13-11-19-5-8-22(9-6-19)31-25-28-23-10-7-20(26)16-24(23)32-25/h5-10,16-17,21,27H,11-15H2,1-4H3/t21-/m0/s1. The molecule has 1 amide bonds. The van der Waals surface area contributed by atoms with Crippen LogP contribution in [0.3, 0.4) is 0 Å². The van der Waals surface area contributed by atoms with E-state index in [1.54, 1.807) is 13.0 Å². The Morgan fingerprint density at radius 2 is 1.94 bits per heavy atom. The maximum Gasteiger partial charge on any atom is 0.279 e. The van der Waals surface area contributed by atoms with Crippen molar-refractivity contribution in [2.24, 2.45) is 5.92 Å². The summed E-state index contributed by atoms with van der Waals surface area (Å²) in [6.07, 6.45) is 2.88. The number of nitrogens with zero attached hydrogens (tertiary/aromatic N) is 2. The number of thiazole rings is 1. The number of carbonyl (C=O) groups is 1. The van der Waals surface area contributed by atoms with Gasteiger partial charge in [-0.25, -0.2) is 9.37 Å². The molecule has 2 aromatic carbocycles. The third-order valence-electron chi connectivity index (χ3n) is 5.49. The zero-order chi connectivity index (χ0) is 23.1. The van der Waals surface area contributed by atoms with E-state index in [1.165, 1.54) is 29.0 Å². The maximum absolute atomic E-state index is 13.3. The van der Waals surface area contributed by atoms with Crippen LogP contribution in [-0.2, 0) is 11.2 Å². The van der Waals surface area contributed by atoms with Gasteiger partial charge >= 0.3 is 0 Å². The van der Waals surface area contributed by atoms with Crippen molar-refractivity contribution in [3.63, 3.8) is 0 Å². The van der Waals surface area contributed by atoms with E-state index in [-0.39, 0.29) is 17.8 Å². The number of nitrogens with one attached hydrogen (secondary N) is 1. The Morgan fingerprint density at radius 3 is 2.62 bits per heavy atom. The molecule has 1 atom stereocenters. The molecule has 0 saturated carbocycles. The fourth-order valence-electron chi connectivity index (χ4n) is 3.64. The second-order valence-electron chi connectivity index (χ2n) is 8.54. The number of halogens is 1. The predicted molar refractivity (Wildman–Crippen MR) is 129 cm³/mol. The van der Waals surface area contributed by atoms with Gasteiger partial charge in [-0.2, -0.15) is 0 Å². The molecule has 172 valence electrons. The summed E-state index contributed by atoms with van der Waals surface area (Å²) in [6.45, 7) is 7.78. The normalized spacial score (nSPS) is 12.3. The first-order valence-electron chi connectivity index (χ1n) is 11.1. The van der Waals surface area contributed by atoms with Gasteiger partial charge in [0.1, 0.15) is 11.6 Å². The van der Waals surface area contributed by atoms with Crippen LogP contribution in [0.2, 0.25) is 0 Å². The highest BCUT2D eigenvalue weighted by atomic mass is 32.1. The lowest BCUT2D eigenvalue weighted by Gasteiger charge is -2.29. The Bertz CT molecular complexity index is 1020. The number of ether oxygens (including phenoxy) is 1. The second kappa shape index (κ2) is 11.4. The molecule has 7 heteroatoms. The molecule has 0 aliphatic carbocycles. The van der Waals surface area contributed by atoms with E-state index in [1.807, 2.05) is 24.1 Å². The van der Waals surface area contributed by atoms with Crippen molar-refractivity contribution >= 4 is 27.5 Å². The van der Waals surface area contributed by atoms with Crippen LogP contribution in [0.5, 0.6) is 10.9 Å². The zero-order valence-electron chi connectivity index (χ0n) is 19.2. The SMILES string of the molecule is CC(=O)N(C)[C@@H](CCNCCc1ccc(Oc2nc3ccc(F)cc3s2)cc1)CC(C)C. The van der Waals surface area contributed by atoms with Crippen molar-refractivity contribution in [3.8, 4) is 10.9 Å². The van der Waals surface area contributed by atoms with Crippen LogP contribution in [0.25, 0.3) is 10.2 Å². The molecule has 0 saturated heterocycles. The van der Waals surface area contributed by atoms with Crippen LogP contribution in [0.15, 0.2) is 42.5 Å². The van der Waals surface area contributed by atoms with Crippen molar-refractivity contribution < 1.29 is 13.9 Å². The van der Waals surface area contributed by atoms with E-state index in [9.17, 15) is 9.18 Å². The molecule has 1 heterocycles. The molecule has 0 spiro atoms. The molecular formula is C25H32FN3O2S. The number of hydrogen-bond donors (Lipinski definition) is 1. The van der Waals surface area contributed by atoms with Crippen LogP contribution in [-0.4, -0.2) is 42.0 Å². The largest absolute Gasteiger partial charge is 0.431 e. The van der Waals surface area contributed by atoms with E-state index < -0.39 is 0 Å². The van der Waals surface area contributed by atoms with Gasteiger partial charge in [0.05, 0.1) is 10.2 Å². The van der Waals surface area contributed by atoms with Crippen LogP contribution >= 0.6 is 11.3 Å². The minimum Gasteiger partial charge on any atom is -0.431 e. The Kier molecular flexibility index (Phi) is 8.59. The highest BCUT2D eigenvalue weighted by Gasteiger charge is 2.17. The average Bonchev–Trinajstić information content (AvgIpc) is 3.14. The molecule has 5 nitrogen and oxygen atoms in total. The van der Waals surface area contributed by atoms with Gasteiger partial charge < -0.3 is 15.0 Å². The van der Waals surface area contributed by atoms with Gasteiger partial charge in [0.15, 0.2) is 0 Å². The van der Waals surface area contributed by atoms with Gasteiger partial charge in [-0.05, 0) is 74.2 Å². The van der Waals surface area contributed by atoms with E-state index in [2.05, 4.69) is 36.3 Å². The summed E-state index contributed by atoms with van der Waals surface area (Å²) in [7, 11) is 1.89. The van der Waals surface area contributed by atoms with Crippen molar-refractivity contribution in [1.29, 1.82) is 0 Å². The Labute approximate surface area is 193 Å². The maximum atomic E-state index is 13.3. The Balaban J connectivity index is 1.43. The molecule has 0 unspecified atom stereocenters. The lowest BCUT2D eigenvalue weighted by molar-refractivity contribution is -0.130. The summed E-state index contributed by atoms with van der Waals surface area (Å²) in [5.74, 6) is 1.12. The Morgan fingerprint density at radius 1 is 1.19 bits per heavy atom. The second-order valence-corrected chi connectivity index (χ2v) is 9.53. The molecule has 3 rings (SSSR count). The summed E-state index contributed by atoms with van der Waals surface area (Å²) in [5, 5.41) is 4.00. The topological polar surface area (TPSA) is 54.5 Å². The minimum atomic E-state index is -0.271. The molecule has 0 aliphatic heterocycles. The van der Waals surface area contributed by atoms with Gasteiger partial charge in [0.2, 0.25) is 5.91 Å². The van der Waals surface area contributed by atoms with Gasteiger partial charge in [-0.15, -0.1) is 0 Å². The summed E-state index contributed by atoms with van der Waals surface area (Å²) in [6, 6.07) is 12.8. The van der Waals surface area contributed by atoms with E-state index >= 15 is 0 Å². The fraction of sp³-hybridized carbons (Fsp3) is 0.440. The molecule has 0 aliphatic rings. The molecule has 1 N–H and O–H groups in total. The number of benzene rings is 2. The predicted octanol–water partition coefficient (Wildman–Crippen LogP) is 5.64. The van der Waals surface area contributed by atoms with E-state index in [0.717, 1.165) is 42.6 Å². The van der Waals surface area contributed by atoms with Gasteiger partial charge in [-0.3, -0.25) is 4.79 Å². The van der Waals surface area contributed by atoms with Crippen molar-refractivity contribution in [2.45, 2.75) is 46.1 Å². The zero-order valence-corrected chi connectivity index (χ0v) is 20.0. The lowest BCUT2D eigenvalue weighted by atomic mass is 10.00. The number of amides is 1. The average molecular weight is 458 g/mol. The van der Waals surface area contributed by atoms with Gasteiger partial charge in [-0.1, -0.05) is 37.3 Å². The summed E-state index contributed by atoms with van der Waals surface area (Å²) >= 11 is 1.33. The number of fused-ring (bicyclic) bond motifs is 1. The molecule has 0 radical (unpaired) electrons. The van der Waals surface area contributed by atoms with Gasteiger partial charge in [0, 0.05) is 20.0 Å². The third kappa shape index (κ3) is 7.00.